The molecule has 34 heavy (non-hydrogen) atoms. The molecule has 3 atom stereocenters. The monoisotopic (exact) mass is 648 g/mol. The van der Waals surface area contributed by atoms with Gasteiger partial charge in [0.2, 0.25) is 0 Å². The van der Waals surface area contributed by atoms with E-state index in [0.717, 1.165) is 43.0 Å². The van der Waals surface area contributed by atoms with Gasteiger partial charge in [0.05, 0.1) is 17.9 Å². The number of carboxylic acid groups (broad SMARTS) is 3. The van der Waals surface area contributed by atoms with Gasteiger partial charge in [-0.2, -0.15) is 37.9 Å². The van der Waals surface area contributed by atoms with Crippen molar-refractivity contribution in [1.29, 1.82) is 0 Å². The fourth-order valence-corrected chi connectivity index (χ4v) is 2.88. The third kappa shape index (κ3) is 36.3. The van der Waals surface area contributed by atoms with E-state index in [9.17, 15) is 34.5 Å². The molecule has 0 bridgehead atoms. The maximum atomic E-state index is 10.2. The zero-order chi connectivity index (χ0) is 27.5. The molecule has 0 N–H and O–H groups in total. The number of aliphatic carboxylic acids is 3. The molecule has 0 amide bonds. The van der Waals surface area contributed by atoms with Crippen LogP contribution in [0.25, 0.3) is 0 Å². The van der Waals surface area contributed by atoms with E-state index < -0.39 is 33.7 Å². The Morgan fingerprint density at radius 2 is 0.971 bits per heavy atom. The summed E-state index contributed by atoms with van der Waals surface area (Å²) < 4.78 is 5.32. The molecule has 0 aliphatic rings. The molecule has 0 aromatic rings. The van der Waals surface area contributed by atoms with Crippen molar-refractivity contribution in [3.63, 3.8) is 0 Å². The van der Waals surface area contributed by atoms with Crippen molar-refractivity contribution in [3.05, 3.63) is 0 Å². The number of carbonyl (C=O) groups excluding carboxylic acids is 4. The van der Waals surface area contributed by atoms with Crippen molar-refractivity contribution in [1.82, 2.24) is 0 Å². The van der Waals surface area contributed by atoms with Crippen LogP contribution in [0.15, 0.2) is 0 Å². The molecule has 0 aliphatic heterocycles. The summed E-state index contributed by atoms with van der Waals surface area (Å²) in [4.78, 5) is 40.3. The number of thiol groups is 3. The van der Waals surface area contributed by atoms with Crippen LogP contribution in [0.4, 0.5) is 0 Å². The Bertz CT molecular complexity index is 467. The van der Waals surface area contributed by atoms with Gasteiger partial charge in [-0.3, -0.25) is 0 Å². The molecule has 12 heteroatoms. The Morgan fingerprint density at radius 1 is 0.706 bits per heavy atom. The Balaban J connectivity index is -0.000000177. The van der Waals surface area contributed by atoms with Gasteiger partial charge >= 0.3 is 56.0 Å². The molecule has 198 valence electrons. The van der Waals surface area contributed by atoms with Crippen LogP contribution in [0.5, 0.6) is 0 Å². The summed E-state index contributed by atoms with van der Waals surface area (Å²) in [5.74, 6) is -3.29. The third-order valence-electron chi connectivity index (χ3n) is 3.87. The summed E-state index contributed by atoms with van der Waals surface area (Å²) in [5.41, 5.74) is 0. The average Bonchev–Trinajstić information content (AvgIpc) is 2.80. The molecule has 0 spiro atoms. The van der Waals surface area contributed by atoms with Crippen LogP contribution in [-0.4, -0.2) is 69.3 Å². The number of carboxylic acids is 3. The maximum absolute atomic E-state index is 10.2. The van der Waals surface area contributed by atoms with Gasteiger partial charge in [0.1, 0.15) is 0 Å². The number of rotatable bonds is 14. The van der Waals surface area contributed by atoms with E-state index in [1.165, 1.54) is 29.6 Å². The van der Waals surface area contributed by atoms with Gasteiger partial charge in [-0.1, -0.05) is 59.3 Å². The van der Waals surface area contributed by atoms with E-state index in [-0.39, 0.29) is 5.97 Å². The van der Waals surface area contributed by atoms with Crippen LogP contribution >= 0.6 is 37.9 Å². The van der Waals surface area contributed by atoms with Crippen molar-refractivity contribution in [2.75, 3.05) is 7.11 Å². The van der Waals surface area contributed by atoms with Gasteiger partial charge in [0.15, 0.2) is 0 Å². The zero-order valence-corrected chi connectivity index (χ0v) is 26.2. The minimum absolute atomic E-state index is 0.100. The molecule has 0 radical (unpaired) electrons. The number of methoxy groups -OCH3 is 1. The Kier molecular flexibility index (Phi) is 37.0. The van der Waals surface area contributed by atoms with Gasteiger partial charge in [-0.25, -0.2) is 0 Å². The molecule has 0 saturated carbocycles. The molecule has 0 aliphatic carbocycles. The van der Waals surface area contributed by atoms with Gasteiger partial charge in [0.25, 0.3) is 0 Å². The van der Waals surface area contributed by atoms with E-state index in [0.29, 0.717) is 25.7 Å². The van der Waals surface area contributed by atoms with E-state index in [4.69, 9.17) is 0 Å². The second kappa shape index (κ2) is 30.8. The topological polar surface area (TPSA) is 147 Å². The molecule has 0 aromatic heterocycles. The van der Waals surface area contributed by atoms with E-state index in [2.05, 4.69) is 42.6 Å². The zero-order valence-electron chi connectivity index (χ0n) is 20.6. The Hall–Kier alpha value is -0.271. The van der Waals surface area contributed by atoms with Crippen molar-refractivity contribution < 1.29 is 39.2 Å². The first-order valence-corrected chi connectivity index (χ1v) is 14.8. The Morgan fingerprint density at radius 3 is 1.09 bits per heavy atom. The average molecular weight is 647 g/mol. The predicted molar refractivity (Wildman–Crippen MR) is 139 cm³/mol. The van der Waals surface area contributed by atoms with Crippen molar-refractivity contribution >= 4 is 84.3 Å². The number of esters is 1. The SMILES string of the molecule is CCCCC(S)C(=O)[O-].CCCCC(S)C(=O)[O-].CCCCC(S)C(=O)[O-].COC(=O)C[CH2][Sn+3]. The molecule has 3 unspecified atom stereocenters. The van der Waals surface area contributed by atoms with Crippen molar-refractivity contribution in [2.45, 2.75) is 105 Å². The first kappa shape index (κ1) is 40.9. The van der Waals surface area contributed by atoms with Crippen LogP contribution in [0.2, 0.25) is 4.44 Å². The van der Waals surface area contributed by atoms with Gasteiger partial charge in [0, 0.05) is 15.7 Å². The second-order valence-electron chi connectivity index (χ2n) is 7.01. The van der Waals surface area contributed by atoms with Crippen molar-refractivity contribution in [3.8, 4) is 0 Å². The van der Waals surface area contributed by atoms with E-state index in [1.807, 2.05) is 20.8 Å². The summed E-state index contributed by atoms with van der Waals surface area (Å²) in [7, 11) is 1.41. The summed E-state index contributed by atoms with van der Waals surface area (Å²) >= 11 is 12.8. The second-order valence-corrected chi connectivity index (χ2v) is 10.3. The van der Waals surface area contributed by atoms with Crippen LogP contribution < -0.4 is 15.3 Å². The summed E-state index contributed by atoms with van der Waals surface area (Å²) in [6, 6.07) is 0. The molecule has 0 aromatic carbocycles. The molecular formula is C22H40O8S3Sn. The van der Waals surface area contributed by atoms with Crippen LogP contribution in [0.3, 0.4) is 0 Å². The third-order valence-corrected chi connectivity index (χ3v) is 5.99. The fraction of sp³-hybridized carbons (Fsp3) is 0.818. The number of hydrogen-bond acceptors (Lipinski definition) is 11. The molecule has 0 heterocycles. The quantitative estimate of drug-likeness (QED) is 0.143. The van der Waals surface area contributed by atoms with Gasteiger partial charge in [-0.05, 0) is 19.3 Å². The molecule has 0 rings (SSSR count). The summed E-state index contributed by atoms with van der Waals surface area (Å²) in [6.45, 7) is 6.03. The standard InChI is InChI=1S/3C6H12O2S.C4H7O2.Sn/c3*1-2-3-4-5(9)6(7)8;1-3-4(5)6-2;/h3*5,9H,2-4H2,1H3,(H,7,8);1,3H2,2H3;/q;;;;+3/p-3. The van der Waals surface area contributed by atoms with Gasteiger partial charge < -0.3 is 29.7 Å². The van der Waals surface area contributed by atoms with Crippen molar-refractivity contribution in [2.24, 2.45) is 0 Å². The Labute approximate surface area is 234 Å². The first-order valence-electron chi connectivity index (χ1n) is 11.2. The molecule has 0 fully saturated rings. The number of unbranched alkanes of at least 4 members (excludes halogenated alkanes) is 3. The summed E-state index contributed by atoms with van der Waals surface area (Å²) in [5, 5.41) is 28.3. The molecule has 8 nitrogen and oxygen atoms in total. The van der Waals surface area contributed by atoms with E-state index in [1.54, 1.807) is 0 Å². The molecule has 0 saturated heterocycles. The van der Waals surface area contributed by atoms with Crippen LogP contribution in [0.1, 0.15) is 85.0 Å². The number of ether oxygens (including phenoxy) is 1. The van der Waals surface area contributed by atoms with E-state index >= 15 is 0 Å². The number of hydrogen-bond donors (Lipinski definition) is 3. The normalized spacial score (nSPS) is 12.1. The predicted octanol–water partition coefficient (Wildman–Crippen LogP) is 0.811. The minimum atomic E-state index is -1.06. The fourth-order valence-electron chi connectivity index (χ4n) is 1.75. The first-order chi connectivity index (χ1) is 15.9. The van der Waals surface area contributed by atoms with Gasteiger partial charge in [-0.15, -0.1) is 0 Å². The van der Waals surface area contributed by atoms with Crippen LogP contribution in [-0.2, 0) is 23.9 Å². The number of carbonyl (C=O) groups is 4. The van der Waals surface area contributed by atoms with Crippen LogP contribution in [0, 0.1) is 0 Å². The summed E-state index contributed by atoms with van der Waals surface area (Å²) in [6.07, 6.45) is 8.14. The molecular weight excluding hydrogens is 607 g/mol.